The molecule has 2 rings (SSSR count). The van der Waals surface area contributed by atoms with Crippen LogP contribution in [0.15, 0.2) is 48.5 Å². The number of rotatable bonds is 4. The molecule has 120 valence electrons. The molecule has 0 aliphatic heterocycles. The van der Waals surface area contributed by atoms with Crippen molar-refractivity contribution in [3.63, 3.8) is 0 Å². The van der Waals surface area contributed by atoms with Crippen molar-refractivity contribution < 1.29 is 22.8 Å². The Morgan fingerprint density at radius 1 is 1.00 bits per heavy atom. The van der Waals surface area contributed by atoms with E-state index in [4.69, 9.17) is 11.6 Å². The van der Waals surface area contributed by atoms with Gasteiger partial charge in [0.05, 0.1) is 11.5 Å². The first kappa shape index (κ1) is 17.2. The van der Waals surface area contributed by atoms with Crippen molar-refractivity contribution in [2.45, 2.75) is 19.0 Å². The Morgan fingerprint density at radius 2 is 1.57 bits per heavy atom. The molecule has 0 amide bonds. The van der Waals surface area contributed by atoms with E-state index in [0.29, 0.717) is 5.56 Å². The number of hydrogen-bond acceptors (Lipinski definition) is 2. The second-order valence-corrected chi connectivity index (χ2v) is 5.43. The molecule has 6 heteroatoms. The molecule has 1 atom stereocenters. The van der Waals surface area contributed by atoms with E-state index in [1.165, 1.54) is 24.3 Å². The maximum Gasteiger partial charge on any atom is 0.416 e. The predicted molar refractivity (Wildman–Crippen MR) is 80.6 cm³/mol. The Bertz CT molecular complexity index is 753. The average molecular weight is 341 g/mol. The molecule has 2 nitrogen and oxygen atoms in total. The SMILES string of the molecule is CC(C(=O)Cl)c1cccc(C(=O)c2cccc(C(F)(F)F)c2)c1. The summed E-state index contributed by atoms with van der Waals surface area (Å²) >= 11 is 5.43. The number of carbonyl (C=O) groups is 2. The van der Waals surface area contributed by atoms with Crippen LogP contribution in [0.5, 0.6) is 0 Å². The van der Waals surface area contributed by atoms with E-state index in [1.807, 2.05) is 0 Å². The summed E-state index contributed by atoms with van der Waals surface area (Å²) in [6.45, 7) is 1.59. The number of carbonyl (C=O) groups excluding carboxylic acids is 2. The van der Waals surface area contributed by atoms with Crippen LogP contribution in [0, 0.1) is 0 Å². The van der Waals surface area contributed by atoms with Crippen LogP contribution in [0.4, 0.5) is 13.2 Å². The summed E-state index contributed by atoms with van der Waals surface area (Å²) in [5.74, 6) is -1.15. The summed E-state index contributed by atoms with van der Waals surface area (Å²) in [7, 11) is 0. The third-order valence-corrected chi connectivity index (χ3v) is 3.77. The topological polar surface area (TPSA) is 34.1 Å². The molecule has 0 saturated heterocycles. The normalized spacial score (nSPS) is 12.7. The first-order valence-corrected chi connectivity index (χ1v) is 7.09. The third-order valence-electron chi connectivity index (χ3n) is 3.44. The van der Waals surface area contributed by atoms with E-state index in [9.17, 15) is 22.8 Å². The van der Waals surface area contributed by atoms with Gasteiger partial charge in [0.25, 0.3) is 0 Å². The molecule has 0 spiro atoms. The standard InChI is InChI=1S/C17H12ClF3O2/c1-10(16(18)23)11-4-2-5-12(8-11)15(22)13-6-3-7-14(9-13)17(19,20)21/h2-10H,1H3. The summed E-state index contributed by atoms with van der Waals surface area (Å²) in [4.78, 5) is 23.6. The van der Waals surface area contributed by atoms with E-state index < -0.39 is 28.7 Å². The monoisotopic (exact) mass is 340 g/mol. The van der Waals surface area contributed by atoms with Gasteiger partial charge in [-0.3, -0.25) is 9.59 Å². The lowest BCUT2D eigenvalue weighted by Crippen LogP contribution is -2.09. The molecular formula is C17H12ClF3O2. The Balaban J connectivity index is 2.38. The molecule has 1 unspecified atom stereocenters. The molecule has 2 aromatic carbocycles. The summed E-state index contributed by atoms with van der Waals surface area (Å²) in [6, 6.07) is 10.4. The molecule has 0 aliphatic rings. The van der Waals surface area contributed by atoms with Crippen molar-refractivity contribution >= 4 is 22.6 Å². The van der Waals surface area contributed by atoms with E-state index in [2.05, 4.69) is 0 Å². The molecule has 0 fully saturated rings. The van der Waals surface area contributed by atoms with Gasteiger partial charge in [-0.25, -0.2) is 0 Å². The van der Waals surface area contributed by atoms with Gasteiger partial charge in [-0.05, 0) is 35.4 Å². The highest BCUT2D eigenvalue weighted by molar-refractivity contribution is 6.64. The Hall–Kier alpha value is -2.14. The van der Waals surface area contributed by atoms with Crippen LogP contribution in [0.25, 0.3) is 0 Å². The zero-order valence-electron chi connectivity index (χ0n) is 12.0. The third kappa shape index (κ3) is 3.99. The van der Waals surface area contributed by atoms with Gasteiger partial charge in [-0.15, -0.1) is 0 Å². The van der Waals surface area contributed by atoms with Gasteiger partial charge in [0, 0.05) is 11.1 Å². The minimum Gasteiger partial charge on any atom is -0.289 e. The highest BCUT2D eigenvalue weighted by atomic mass is 35.5. The van der Waals surface area contributed by atoms with Crippen LogP contribution < -0.4 is 0 Å². The molecule has 0 heterocycles. The number of halogens is 4. The number of alkyl halides is 3. The van der Waals surface area contributed by atoms with Crippen LogP contribution in [0.1, 0.15) is 39.9 Å². The molecule has 0 bridgehead atoms. The van der Waals surface area contributed by atoms with Crippen molar-refractivity contribution in [2.75, 3.05) is 0 Å². The molecule has 0 saturated carbocycles. The van der Waals surface area contributed by atoms with E-state index >= 15 is 0 Å². The van der Waals surface area contributed by atoms with E-state index in [0.717, 1.165) is 12.1 Å². The second-order valence-electron chi connectivity index (χ2n) is 5.06. The lowest BCUT2D eigenvalue weighted by molar-refractivity contribution is -0.137. The quantitative estimate of drug-likeness (QED) is 0.591. The average Bonchev–Trinajstić information content (AvgIpc) is 2.52. The number of benzene rings is 2. The molecular weight excluding hydrogens is 329 g/mol. The fourth-order valence-electron chi connectivity index (χ4n) is 2.08. The van der Waals surface area contributed by atoms with Crippen molar-refractivity contribution in [1.29, 1.82) is 0 Å². The van der Waals surface area contributed by atoms with Crippen LogP contribution >= 0.6 is 11.6 Å². The molecule has 0 N–H and O–H groups in total. The minimum absolute atomic E-state index is 0.0678. The molecule has 0 radical (unpaired) electrons. The van der Waals surface area contributed by atoms with E-state index in [-0.39, 0.29) is 11.1 Å². The van der Waals surface area contributed by atoms with Gasteiger partial charge >= 0.3 is 6.18 Å². The fraction of sp³-hybridized carbons (Fsp3) is 0.176. The Labute approximate surface area is 135 Å². The Kier molecular flexibility index (Phi) is 4.90. The summed E-state index contributed by atoms with van der Waals surface area (Å²) in [5, 5.41) is -0.575. The van der Waals surface area contributed by atoms with Crippen LogP contribution in [0.2, 0.25) is 0 Å². The predicted octanol–water partition coefficient (Wildman–Crippen LogP) is 4.81. The van der Waals surface area contributed by atoms with Gasteiger partial charge in [-0.1, -0.05) is 37.3 Å². The van der Waals surface area contributed by atoms with Gasteiger partial charge in [0.2, 0.25) is 5.24 Å². The van der Waals surface area contributed by atoms with Gasteiger partial charge in [0.15, 0.2) is 5.78 Å². The van der Waals surface area contributed by atoms with Crippen molar-refractivity contribution in [1.82, 2.24) is 0 Å². The van der Waals surface area contributed by atoms with Crippen LogP contribution in [-0.2, 0) is 11.0 Å². The summed E-state index contributed by atoms with van der Waals surface area (Å²) in [6.07, 6.45) is -4.52. The van der Waals surface area contributed by atoms with Gasteiger partial charge in [-0.2, -0.15) is 13.2 Å². The first-order chi connectivity index (χ1) is 10.7. The van der Waals surface area contributed by atoms with Gasteiger partial charge < -0.3 is 0 Å². The highest BCUT2D eigenvalue weighted by Gasteiger charge is 2.31. The number of ketones is 1. The summed E-state index contributed by atoms with van der Waals surface area (Å²) in [5.41, 5.74) is -0.222. The Morgan fingerprint density at radius 3 is 2.13 bits per heavy atom. The molecule has 0 aromatic heterocycles. The molecule has 0 aliphatic carbocycles. The van der Waals surface area contributed by atoms with Crippen LogP contribution in [0.3, 0.4) is 0 Å². The maximum atomic E-state index is 12.7. The van der Waals surface area contributed by atoms with Crippen molar-refractivity contribution in [3.05, 3.63) is 70.8 Å². The van der Waals surface area contributed by atoms with Crippen molar-refractivity contribution in [3.8, 4) is 0 Å². The van der Waals surface area contributed by atoms with Crippen molar-refractivity contribution in [2.24, 2.45) is 0 Å². The lowest BCUT2D eigenvalue weighted by Gasteiger charge is -2.10. The first-order valence-electron chi connectivity index (χ1n) is 6.71. The minimum atomic E-state index is -4.52. The fourth-order valence-corrected chi connectivity index (χ4v) is 2.21. The molecule has 2 aromatic rings. The lowest BCUT2D eigenvalue weighted by atomic mass is 9.96. The summed E-state index contributed by atoms with van der Waals surface area (Å²) < 4.78 is 38.2. The van der Waals surface area contributed by atoms with Gasteiger partial charge in [0.1, 0.15) is 0 Å². The number of hydrogen-bond donors (Lipinski definition) is 0. The zero-order chi connectivity index (χ0) is 17.2. The molecule has 23 heavy (non-hydrogen) atoms. The zero-order valence-corrected chi connectivity index (χ0v) is 12.8. The van der Waals surface area contributed by atoms with E-state index in [1.54, 1.807) is 19.1 Å². The van der Waals surface area contributed by atoms with Crippen LogP contribution in [-0.4, -0.2) is 11.0 Å². The highest BCUT2D eigenvalue weighted by Crippen LogP contribution is 2.30. The maximum absolute atomic E-state index is 12.7. The smallest absolute Gasteiger partial charge is 0.289 e. The second kappa shape index (κ2) is 6.54. The largest absolute Gasteiger partial charge is 0.416 e.